The Morgan fingerprint density at radius 3 is 3.07 bits per heavy atom. The highest BCUT2D eigenvalue weighted by Gasteiger charge is 1.97. The van der Waals surface area contributed by atoms with Crippen LogP contribution in [0.1, 0.15) is 18.2 Å². The van der Waals surface area contributed by atoms with Crippen molar-refractivity contribution in [3.63, 3.8) is 0 Å². The van der Waals surface area contributed by atoms with Crippen LogP contribution in [0, 0.1) is 0 Å². The van der Waals surface area contributed by atoms with Crippen LogP contribution in [-0.4, -0.2) is 16.8 Å². The lowest BCUT2D eigenvalue weighted by Crippen LogP contribution is -1.84. The largest absolute Gasteiger partial charge is 0.478 e. The lowest BCUT2D eigenvalue weighted by Gasteiger charge is -1.91. The van der Waals surface area contributed by atoms with Gasteiger partial charge in [-0.2, -0.15) is 0 Å². The first-order valence-corrected chi connectivity index (χ1v) is 6.16. The van der Waals surface area contributed by atoms with E-state index in [0.717, 1.165) is 17.1 Å². The molecule has 0 aliphatic heterocycles. The van der Waals surface area contributed by atoms with Crippen LogP contribution in [0.2, 0.25) is 0 Å². The second-order valence-corrected chi connectivity index (χ2v) is 5.19. The van der Waals surface area contributed by atoms with Crippen LogP contribution in [-0.2, 0) is 4.79 Å². The Morgan fingerprint density at radius 2 is 2.43 bits per heavy atom. The Bertz CT molecular complexity index is 329. The first-order chi connectivity index (χ1) is 6.72. The van der Waals surface area contributed by atoms with E-state index in [1.165, 1.54) is 10.3 Å². The highest BCUT2D eigenvalue weighted by Crippen LogP contribution is 2.28. The van der Waals surface area contributed by atoms with E-state index in [-0.39, 0.29) is 0 Å². The standard InChI is InChI=1S/C10H12O2S2/c1-2-7-13-10-6-4-8(14-10)3-5-9(11)12/h3-6H,2,7H2,1H3,(H,11,12). The summed E-state index contributed by atoms with van der Waals surface area (Å²) in [5.74, 6) is 0.212. The first kappa shape index (κ1) is 11.3. The van der Waals surface area contributed by atoms with Gasteiger partial charge in [-0.15, -0.1) is 23.1 Å². The third-order valence-corrected chi connectivity index (χ3v) is 3.92. The number of thiophene rings is 1. The van der Waals surface area contributed by atoms with Gasteiger partial charge < -0.3 is 5.11 Å². The van der Waals surface area contributed by atoms with Crippen LogP contribution in [0.3, 0.4) is 0 Å². The lowest BCUT2D eigenvalue weighted by atomic mass is 10.4. The summed E-state index contributed by atoms with van der Waals surface area (Å²) in [6, 6.07) is 3.98. The minimum atomic E-state index is -0.902. The van der Waals surface area contributed by atoms with E-state index in [4.69, 9.17) is 5.11 Å². The van der Waals surface area contributed by atoms with Gasteiger partial charge >= 0.3 is 5.97 Å². The maximum atomic E-state index is 10.3. The third kappa shape index (κ3) is 3.98. The van der Waals surface area contributed by atoms with Crippen LogP contribution in [0.15, 0.2) is 22.4 Å². The van der Waals surface area contributed by atoms with Crippen molar-refractivity contribution in [3.8, 4) is 0 Å². The van der Waals surface area contributed by atoms with Gasteiger partial charge in [0.15, 0.2) is 0 Å². The Balaban J connectivity index is 2.54. The minimum absolute atomic E-state index is 0.902. The highest BCUT2D eigenvalue weighted by molar-refractivity contribution is 8.01. The van der Waals surface area contributed by atoms with Gasteiger partial charge in [0.05, 0.1) is 4.21 Å². The third-order valence-electron chi connectivity index (χ3n) is 1.44. The molecule has 0 radical (unpaired) electrons. The van der Waals surface area contributed by atoms with E-state index in [1.807, 2.05) is 23.9 Å². The molecule has 1 rings (SSSR count). The fourth-order valence-corrected chi connectivity index (χ4v) is 2.84. The SMILES string of the molecule is CCCSc1ccc(C=CC(=O)O)s1. The van der Waals surface area contributed by atoms with E-state index in [1.54, 1.807) is 17.4 Å². The number of carbonyl (C=O) groups is 1. The lowest BCUT2D eigenvalue weighted by molar-refractivity contribution is -0.131. The van der Waals surface area contributed by atoms with Crippen molar-refractivity contribution in [2.24, 2.45) is 0 Å². The van der Waals surface area contributed by atoms with Crippen molar-refractivity contribution >= 4 is 35.1 Å². The molecule has 0 bridgehead atoms. The molecule has 0 saturated heterocycles. The average molecular weight is 228 g/mol. The Kier molecular flexibility index (Phi) is 4.76. The van der Waals surface area contributed by atoms with Gasteiger partial charge in [-0.05, 0) is 30.4 Å². The Hall–Kier alpha value is -0.740. The molecule has 0 unspecified atom stereocenters. The number of aliphatic carboxylic acids is 1. The predicted octanol–water partition coefficient (Wildman–Crippen LogP) is 3.35. The second-order valence-electron chi connectivity index (χ2n) is 2.68. The van der Waals surface area contributed by atoms with E-state index in [9.17, 15) is 4.79 Å². The predicted molar refractivity (Wildman–Crippen MR) is 62.0 cm³/mol. The zero-order valence-corrected chi connectivity index (χ0v) is 9.53. The molecule has 0 aliphatic carbocycles. The molecule has 0 amide bonds. The van der Waals surface area contributed by atoms with Crippen LogP contribution in [0.25, 0.3) is 6.08 Å². The summed E-state index contributed by atoms with van der Waals surface area (Å²) in [4.78, 5) is 11.3. The molecular formula is C10H12O2S2. The highest BCUT2D eigenvalue weighted by atomic mass is 32.2. The fourth-order valence-electron chi connectivity index (χ4n) is 0.858. The number of thioether (sulfide) groups is 1. The summed E-state index contributed by atoms with van der Waals surface area (Å²) in [5.41, 5.74) is 0. The molecule has 14 heavy (non-hydrogen) atoms. The number of carboxylic acid groups (broad SMARTS) is 1. The van der Waals surface area contributed by atoms with Crippen LogP contribution in [0.5, 0.6) is 0 Å². The molecular weight excluding hydrogens is 216 g/mol. The number of hydrogen-bond donors (Lipinski definition) is 1. The maximum absolute atomic E-state index is 10.3. The zero-order valence-electron chi connectivity index (χ0n) is 7.90. The molecule has 0 saturated carbocycles. The van der Waals surface area contributed by atoms with Crippen molar-refractivity contribution in [3.05, 3.63) is 23.1 Å². The van der Waals surface area contributed by atoms with Crippen LogP contribution >= 0.6 is 23.1 Å². The summed E-state index contributed by atoms with van der Waals surface area (Å²) in [6.07, 6.45) is 3.95. The number of rotatable bonds is 5. The Morgan fingerprint density at radius 1 is 1.64 bits per heavy atom. The van der Waals surface area contributed by atoms with Gasteiger partial charge in [-0.1, -0.05) is 6.92 Å². The van der Waals surface area contributed by atoms with Gasteiger partial charge in [0.1, 0.15) is 0 Å². The summed E-state index contributed by atoms with van der Waals surface area (Å²) in [7, 11) is 0. The quantitative estimate of drug-likeness (QED) is 0.620. The van der Waals surface area contributed by atoms with E-state index in [0.29, 0.717) is 0 Å². The van der Waals surface area contributed by atoms with Crippen molar-refractivity contribution in [1.82, 2.24) is 0 Å². The van der Waals surface area contributed by atoms with Gasteiger partial charge in [0, 0.05) is 11.0 Å². The fraction of sp³-hybridized carbons (Fsp3) is 0.300. The minimum Gasteiger partial charge on any atom is -0.478 e. The molecule has 4 heteroatoms. The first-order valence-electron chi connectivity index (χ1n) is 4.36. The molecule has 0 spiro atoms. The van der Waals surface area contributed by atoms with E-state index in [2.05, 4.69) is 6.92 Å². The summed E-state index contributed by atoms with van der Waals surface area (Å²) in [6.45, 7) is 2.14. The van der Waals surface area contributed by atoms with Gasteiger partial charge in [0.2, 0.25) is 0 Å². The van der Waals surface area contributed by atoms with Crippen molar-refractivity contribution < 1.29 is 9.90 Å². The monoisotopic (exact) mass is 228 g/mol. The summed E-state index contributed by atoms with van der Waals surface area (Å²) >= 11 is 3.44. The van der Waals surface area contributed by atoms with Crippen molar-refractivity contribution in [2.75, 3.05) is 5.75 Å². The molecule has 2 nitrogen and oxygen atoms in total. The topological polar surface area (TPSA) is 37.3 Å². The van der Waals surface area contributed by atoms with Gasteiger partial charge in [-0.3, -0.25) is 0 Å². The normalized spacial score (nSPS) is 10.9. The van der Waals surface area contributed by atoms with Gasteiger partial charge in [-0.25, -0.2) is 4.79 Å². The second kappa shape index (κ2) is 5.88. The smallest absolute Gasteiger partial charge is 0.328 e. The maximum Gasteiger partial charge on any atom is 0.328 e. The van der Waals surface area contributed by atoms with E-state index < -0.39 is 5.97 Å². The summed E-state index contributed by atoms with van der Waals surface area (Å²) < 4.78 is 1.25. The molecule has 1 aromatic rings. The van der Waals surface area contributed by atoms with Crippen LogP contribution in [0.4, 0.5) is 0 Å². The van der Waals surface area contributed by atoms with Gasteiger partial charge in [0.25, 0.3) is 0 Å². The average Bonchev–Trinajstić information content (AvgIpc) is 2.59. The molecule has 0 aromatic carbocycles. The van der Waals surface area contributed by atoms with E-state index >= 15 is 0 Å². The number of hydrogen-bond acceptors (Lipinski definition) is 3. The Labute approximate surface area is 91.7 Å². The molecule has 1 heterocycles. The molecule has 1 N–H and O–H groups in total. The van der Waals surface area contributed by atoms with Crippen LogP contribution < -0.4 is 0 Å². The number of carboxylic acids is 1. The molecule has 0 atom stereocenters. The van der Waals surface area contributed by atoms with Crippen molar-refractivity contribution in [2.45, 2.75) is 17.6 Å². The molecule has 76 valence electrons. The molecule has 0 aliphatic rings. The molecule has 1 aromatic heterocycles. The zero-order chi connectivity index (χ0) is 10.4. The molecule has 0 fully saturated rings. The summed E-state index contributed by atoms with van der Waals surface area (Å²) in [5, 5.41) is 8.44. The van der Waals surface area contributed by atoms with Crippen molar-refractivity contribution in [1.29, 1.82) is 0 Å².